The number of carbonyl (C=O) groups is 1. The van der Waals surface area contributed by atoms with Gasteiger partial charge in [-0.15, -0.1) is 0 Å². The van der Waals surface area contributed by atoms with E-state index in [1.54, 1.807) is 12.4 Å². The molecule has 0 spiro atoms. The summed E-state index contributed by atoms with van der Waals surface area (Å²) < 4.78 is 5.88. The van der Waals surface area contributed by atoms with Crippen molar-refractivity contribution < 1.29 is 9.53 Å². The third-order valence-electron chi connectivity index (χ3n) is 4.84. The van der Waals surface area contributed by atoms with Crippen LogP contribution < -0.4 is 5.32 Å². The molecule has 0 bridgehead atoms. The van der Waals surface area contributed by atoms with Crippen molar-refractivity contribution in [1.82, 2.24) is 15.2 Å². The molecule has 5 nitrogen and oxygen atoms in total. The van der Waals surface area contributed by atoms with Crippen molar-refractivity contribution in [3.05, 3.63) is 65.5 Å². The van der Waals surface area contributed by atoms with Gasteiger partial charge in [-0.2, -0.15) is 0 Å². The van der Waals surface area contributed by atoms with Gasteiger partial charge in [-0.3, -0.25) is 9.78 Å². The highest BCUT2D eigenvalue weighted by Gasteiger charge is 2.35. The first-order valence-electron chi connectivity index (χ1n) is 8.45. The zero-order chi connectivity index (χ0) is 16.4. The standard InChI is InChI=1S/C19H21N3O2/c23-19(18-16-4-2-1-3-14(16)7-12-24-18)22-11-10-21-13-17(22)15-5-8-20-9-6-15/h1-6,8-9,17-18,21H,7,10-13H2. The number of amides is 1. The van der Waals surface area contributed by atoms with E-state index < -0.39 is 6.10 Å². The van der Waals surface area contributed by atoms with Crippen LogP contribution in [-0.2, 0) is 16.0 Å². The molecule has 1 aromatic carbocycles. The van der Waals surface area contributed by atoms with E-state index in [-0.39, 0.29) is 11.9 Å². The summed E-state index contributed by atoms with van der Waals surface area (Å²) in [6.07, 6.45) is 3.94. The second-order valence-electron chi connectivity index (χ2n) is 6.23. The molecule has 4 rings (SSSR count). The van der Waals surface area contributed by atoms with Crippen molar-refractivity contribution >= 4 is 5.91 Å². The fourth-order valence-electron chi connectivity index (χ4n) is 3.60. The minimum absolute atomic E-state index is 0.0203. The molecule has 1 aromatic heterocycles. The number of pyridine rings is 1. The molecular formula is C19H21N3O2. The smallest absolute Gasteiger partial charge is 0.256 e. The second kappa shape index (κ2) is 6.71. The van der Waals surface area contributed by atoms with Crippen molar-refractivity contribution in [2.75, 3.05) is 26.2 Å². The average Bonchev–Trinajstić information content (AvgIpc) is 2.68. The van der Waals surface area contributed by atoms with E-state index in [0.29, 0.717) is 13.2 Å². The Bertz CT molecular complexity index is 720. The summed E-state index contributed by atoms with van der Waals surface area (Å²) in [6.45, 7) is 2.85. The molecule has 124 valence electrons. The van der Waals surface area contributed by atoms with Gasteiger partial charge in [-0.05, 0) is 35.2 Å². The van der Waals surface area contributed by atoms with Gasteiger partial charge in [0.05, 0.1) is 12.6 Å². The maximum absolute atomic E-state index is 13.3. The summed E-state index contributed by atoms with van der Waals surface area (Å²) >= 11 is 0. The van der Waals surface area contributed by atoms with Crippen LogP contribution in [0.4, 0.5) is 0 Å². The van der Waals surface area contributed by atoms with Crippen LogP contribution in [0.3, 0.4) is 0 Å². The van der Waals surface area contributed by atoms with Crippen LogP contribution in [0, 0.1) is 0 Å². The van der Waals surface area contributed by atoms with Crippen LogP contribution in [0.15, 0.2) is 48.8 Å². The average molecular weight is 323 g/mol. The van der Waals surface area contributed by atoms with Crippen LogP contribution in [0.5, 0.6) is 0 Å². The first kappa shape index (κ1) is 15.3. The van der Waals surface area contributed by atoms with Crippen LogP contribution in [0.2, 0.25) is 0 Å². The fraction of sp³-hybridized carbons (Fsp3) is 0.368. The third kappa shape index (κ3) is 2.81. The summed E-state index contributed by atoms with van der Waals surface area (Å²) in [5.41, 5.74) is 3.34. The lowest BCUT2D eigenvalue weighted by Crippen LogP contribution is -2.50. The van der Waals surface area contributed by atoms with E-state index >= 15 is 0 Å². The topological polar surface area (TPSA) is 54.5 Å². The number of rotatable bonds is 2. The summed E-state index contributed by atoms with van der Waals surface area (Å²) in [4.78, 5) is 19.3. The number of nitrogens with zero attached hydrogens (tertiary/aromatic N) is 2. The second-order valence-corrected chi connectivity index (χ2v) is 6.23. The van der Waals surface area contributed by atoms with Gasteiger partial charge in [0.15, 0.2) is 6.10 Å². The number of aromatic nitrogens is 1. The quantitative estimate of drug-likeness (QED) is 0.917. The summed E-state index contributed by atoms with van der Waals surface area (Å²) in [6, 6.07) is 12.1. The number of hydrogen-bond acceptors (Lipinski definition) is 4. The van der Waals surface area contributed by atoms with Crippen molar-refractivity contribution in [3.8, 4) is 0 Å². The van der Waals surface area contributed by atoms with Gasteiger partial charge >= 0.3 is 0 Å². The number of carbonyl (C=O) groups excluding carboxylic acids is 1. The maximum Gasteiger partial charge on any atom is 0.256 e. The maximum atomic E-state index is 13.3. The number of ether oxygens (including phenoxy) is 1. The first-order valence-corrected chi connectivity index (χ1v) is 8.45. The molecular weight excluding hydrogens is 302 g/mol. The fourth-order valence-corrected chi connectivity index (χ4v) is 3.60. The Hall–Kier alpha value is -2.24. The zero-order valence-corrected chi connectivity index (χ0v) is 13.5. The Morgan fingerprint density at radius 2 is 2.04 bits per heavy atom. The summed E-state index contributed by atoms with van der Waals surface area (Å²) in [5.74, 6) is 0.0606. The monoisotopic (exact) mass is 323 g/mol. The van der Waals surface area contributed by atoms with Crippen molar-refractivity contribution in [2.45, 2.75) is 18.6 Å². The van der Waals surface area contributed by atoms with E-state index in [0.717, 1.165) is 30.6 Å². The number of piperazine rings is 1. The van der Waals surface area contributed by atoms with Crippen LogP contribution >= 0.6 is 0 Å². The van der Waals surface area contributed by atoms with E-state index in [9.17, 15) is 4.79 Å². The SMILES string of the molecule is O=C(C1OCCc2ccccc21)N1CCNCC1c1ccncc1. The van der Waals surface area contributed by atoms with Crippen LogP contribution in [0.1, 0.15) is 28.8 Å². The molecule has 2 atom stereocenters. The molecule has 24 heavy (non-hydrogen) atoms. The minimum atomic E-state index is -0.489. The molecule has 1 N–H and O–H groups in total. The molecule has 3 heterocycles. The van der Waals surface area contributed by atoms with E-state index in [1.165, 1.54) is 5.56 Å². The van der Waals surface area contributed by atoms with Crippen molar-refractivity contribution in [3.63, 3.8) is 0 Å². The zero-order valence-electron chi connectivity index (χ0n) is 13.5. The molecule has 2 aliphatic rings. The summed E-state index contributed by atoms with van der Waals surface area (Å²) in [7, 11) is 0. The van der Waals surface area contributed by atoms with Crippen LogP contribution in [0.25, 0.3) is 0 Å². The molecule has 2 unspecified atom stereocenters. The Morgan fingerprint density at radius 3 is 2.92 bits per heavy atom. The molecule has 1 fully saturated rings. The molecule has 1 amide bonds. The number of hydrogen-bond donors (Lipinski definition) is 1. The Labute approximate surface area is 141 Å². The van der Waals surface area contributed by atoms with Crippen LogP contribution in [-0.4, -0.2) is 42.0 Å². The Kier molecular flexibility index (Phi) is 4.28. The Morgan fingerprint density at radius 1 is 1.21 bits per heavy atom. The molecule has 1 saturated heterocycles. The number of fused-ring (bicyclic) bond motifs is 1. The predicted molar refractivity (Wildman–Crippen MR) is 90.4 cm³/mol. The predicted octanol–water partition coefficient (Wildman–Crippen LogP) is 1.87. The van der Waals surface area contributed by atoms with Crippen molar-refractivity contribution in [1.29, 1.82) is 0 Å². The number of nitrogens with one attached hydrogen (secondary N) is 1. The minimum Gasteiger partial charge on any atom is -0.363 e. The van der Waals surface area contributed by atoms with Gasteiger partial charge in [0, 0.05) is 32.0 Å². The van der Waals surface area contributed by atoms with Gasteiger partial charge in [0.25, 0.3) is 5.91 Å². The normalized spacial score (nSPS) is 23.6. The van der Waals surface area contributed by atoms with E-state index in [4.69, 9.17) is 4.74 Å². The lowest BCUT2D eigenvalue weighted by Gasteiger charge is -2.39. The van der Waals surface area contributed by atoms with Gasteiger partial charge in [0.2, 0.25) is 0 Å². The molecule has 2 aliphatic heterocycles. The molecule has 0 radical (unpaired) electrons. The largest absolute Gasteiger partial charge is 0.363 e. The van der Waals surface area contributed by atoms with Gasteiger partial charge in [-0.25, -0.2) is 0 Å². The lowest BCUT2D eigenvalue weighted by molar-refractivity contribution is -0.148. The summed E-state index contributed by atoms with van der Waals surface area (Å²) in [5, 5.41) is 3.39. The molecule has 0 saturated carbocycles. The molecule has 2 aromatic rings. The van der Waals surface area contributed by atoms with Gasteiger partial charge in [-0.1, -0.05) is 24.3 Å². The highest BCUT2D eigenvalue weighted by molar-refractivity contribution is 5.83. The Balaban J connectivity index is 1.63. The van der Waals surface area contributed by atoms with E-state index in [2.05, 4.69) is 16.4 Å². The molecule has 0 aliphatic carbocycles. The lowest BCUT2D eigenvalue weighted by atomic mass is 9.95. The highest BCUT2D eigenvalue weighted by atomic mass is 16.5. The van der Waals surface area contributed by atoms with Crippen molar-refractivity contribution in [2.24, 2.45) is 0 Å². The highest BCUT2D eigenvalue weighted by Crippen LogP contribution is 2.32. The first-order chi connectivity index (χ1) is 11.8. The third-order valence-corrected chi connectivity index (χ3v) is 4.84. The van der Waals surface area contributed by atoms with Gasteiger partial charge in [0.1, 0.15) is 0 Å². The molecule has 5 heteroatoms. The van der Waals surface area contributed by atoms with Gasteiger partial charge < -0.3 is 15.0 Å². The number of benzene rings is 1. The van der Waals surface area contributed by atoms with E-state index in [1.807, 2.05) is 35.2 Å².